The summed E-state index contributed by atoms with van der Waals surface area (Å²) in [7, 11) is 0. The highest BCUT2D eigenvalue weighted by atomic mass is 16.3. The van der Waals surface area contributed by atoms with Crippen LogP contribution < -0.4 is 0 Å². The summed E-state index contributed by atoms with van der Waals surface area (Å²) in [6, 6.07) is 10.1. The summed E-state index contributed by atoms with van der Waals surface area (Å²) in [6.07, 6.45) is 0.984. The normalized spacial score (nSPS) is 19.4. The van der Waals surface area contributed by atoms with Crippen LogP contribution in [0, 0.1) is 5.92 Å². The molecule has 1 unspecified atom stereocenters. The monoisotopic (exact) mass is 304 g/mol. The van der Waals surface area contributed by atoms with Crippen LogP contribution in [-0.2, 0) is 11.3 Å². The van der Waals surface area contributed by atoms with E-state index in [4.69, 9.17) is 0 Å². The molecule has 4 heteroatoms. The van der Waals surface area contributed by atoms with Crippen LogP contribution in [0.1, 0.15) is 32.8 Å². The largest absolute Gasteiger partial charge is 0.396 e. The average molecular weight is 304 g/mol. The van der Waals surface area contributed by atoms with Crippen molar-refractivity contribution in [2.75, 3.05) is 26.2 Å². The summed E-state index contributed by atoms with van der Waals surface area (Å²) in [5, 5.41) is 9.23. The quantitative estimate of drug-likeness (QED) is 0.906. The number of aliphatic hydroxyl groups excluding tert-OH is 1. The van der Waals surface area contributed by atoms with Crippen LogP contribution in [0.15, 0.2) is 30.3 Å². The Morgan fingerprint density at radius 3 is 2.55 bits per heavy atom. The Morgan fingerprint density at radius 1 is 1.32 bits per heavy atom. The van der Waals surface area contributed by atoms with E-state index in [9.17, 15) is 9.90 Å². The Morgan fingerprint density at radius 2 is 2.00 bits per heavy atom. The van der Waals surface area contributed by atoms with Crippen LogP contribution in [-0.4, -0.2) is 52.6 Å². The van der Waals surface area contributed by atoms with Crippen LogP contribution in [0.2, 0.25) is 0 Å². The smallest absolute Gasteiger partial charge is 0.237 e. The summed E-state index contributed by atoms with van der Waals surface area (Å²) in [5.74, 6) is 0.486. The number of benzene rings is 1. The second-order valence-electron chi connectivity index (χ2n) is 7.21. The van der Waals surface area contributed by atoms with Gasteiger partial charge in [-0.25, -0.2) is 0 Å². The zero-order valence-corrected chi connectivity index (χ0v) is 14.0. The van der Waals surface area contributed by atoms with E-state index >= 15 is 0 Å². The number of carbonyl (C=O) groups excluding carboxylic acids is 1. The second kappa shape index (κ2) is 7.25. The van der Waals surface area contributed by atoms with Gasteiger partial charge in [-0.3, -0.25) is 9.69 Å². The molecule has 1 N–H and O–H groups in total. The van der Waals surface area contributed by atoms with Gasteiger partial charge >= 0.3 is 0 Å². The predicted octanol–water partition coefficient (Wildman–Crippen LogP) is 2.13. The van der Waals surface area contributed by atoms with Crippen molar-refractivity contribution in [3.8, 4) is 0 Å². The van der Waals surface area contributed by atoms with Crippen LogP contribution in [0.5, 0.6) is 0 Å². The number of carbonyl (C=O) groups is 1. The van der Waals surface area contributed by atoms with E-state index in [-0.39, 0.29) is 18.1 Å². The molecule has 4 nitrogen and oxygen atoms in total. The maximum Gasteiger partial charge on any atom is 0.237 e. The Balaban J connectivity index is 2.01. The Labute approximate surface area is 133 Å². The van der Waals surface area contributed by atoms with E-state index in [1.165, 1.54) is 0 Å². The van der Waals surface area contributed by atoms with Gasteiger partial charge < -0.3 is 10.0 Å². The van der Waals surface area contributed by atoms with Gasteiger partial charge in [0.1, 0.15) is 0 Å². The molecule has 122 valence electrons. The molecule has 0 spiro atoms. The fourth-order valence-corrected chi connectivity index (χ4v) is 2.95. The molecule has 1 atom stereocenters. The summed E-state index contributed by atoms with van der Waals surface area (Å²) in [4.78, 5) is 16.9. The van der Waals surface area contributed by atoms with E-state index in [0.717, 1.165) is 25.1 Å². The lowest BCUT2D eigenvalue weighted by Crippen LogP contribution is -2.48. The standard InChI is InChI=1S/C18H28N2O2/c1-18(2,3)20(12-15-7-5-4-6-8-15)17(22)13-19-10-9-16(11-19)14-21/h4-8,16,21H,9-14H2,1-3H3. The fourth-order valence-electron chi connectivity index (χ4n) is 2.95. The fraction of sp³-hybridized carbons (Fsp3) is 0.611. The van der Waals surface area contributed by atoms with Crippen LogP contribution in [0.25, 0.3) is 0 Å². The molecule has 0 saturated carbocycles. The third-order valence-electron chi connectivity index (χ3n) is 4.28. The minimum absolute atomic E-state index is 0.162. The molecule has 1 saturated heterocycles. The van der Waals surface area contributed by atoms with E-state index < -0.39 is 0 Å². The molecule has 22 heavy (non-hydrogen) atoms. The second-order valence-corrected chi connectivity index (χ2v) is 7.21. The lowest BCUT2D eigenvalue weighted by Gasteiger charge is -2.37. The summed E-state index contributed by atoms with van der Waals surface area (Å²) >= 11 is 0. The van der Waals surface area contributed by atoms with Crippen molar-refractivity contribution in [2.45, 2.75) is 39.3 Å². The van der Waals surface area contributed by atoms with Crippen molar-refractivity contribution in [1.29, 1.82) is 0 Å². The maximum atomic E-state index is 12.8. The zero-order valence-electron chi connectivity index (χ0n) is 14.0. The van der Waals surface area contributed by atoms with Crippen LogP contribution >= 0.6 is 0 Å². The van der Waals surface area contributed by atoms with Gasteiger partial charge in [0, 0.05) is 25.2 Å². The highest BCUT2D eigenvalue weighted by Crippen LogP contribution is 2.20. The van der Waals surface area contributed by atoms with E-state index in [2.05, 4.69) is 37.8 Å². The lowest BCUT2D eigenvalue weighted by atomic mass is 10.0. The molecule has 1 aliphatic heterocycles. The van der Waals surface area contributed by atoms with E-state index in [1.54, 1.807) is 0 Å². The minimum Gasteiger partial charge on any atom is -0.396 e. The minimum atomic E-state index is -0.205. The number of hydrogen-bond donors (Lipinski definition) is 1. The molecular formula is C18H28N2O2. The van der Waals surface area contributed by atoms with Gasteiger partial charge in [0.25, 0.3) is 0 Å². The van der Waals surface area contributed by atoms with Gasteiger partial charge in [-0.05, 0) is 45.2 Å². The molecule has 0 aromatic heterocycles. The molecule has 1 aromatic rings. The van der Waals surface area contributed by atoms with E-state index in [0.29, 0.717) is 19.0 Å². The first-order valence-electron chi connectivity index (χ1n) is 8.08. The molecule has 1 fully saturated rings. The molecular weight excluding hydrogens is 276 g/mol. The highest BCUT2D eigenvalue weighted by Gasteiger charge is 2.30. The molecule has 1 aliphatic rings. The summed E-state index contributed by atoms with van der Waals surface area (Å²) in [6.45, 7) is 9.27. The van der Waals surface area contributed by atoms with Crippen LogP contribution in [0.4, 0.5) is 0 Å². The van der Waals surface area contributed by atoms with E-state index in [1.807, 2.05) is 23.1 Å². The molecule has 0 bridgehead atoms. The number of rotatable bonds is 5. The molecule has 1 aromatic carbocycles. The van der Waals surface area contributed by atoms with Gasteiger partial charge in [-0.2, -0.15) is 0 Å². The predicted molar refractivity (Wildman–Crippen MR) is 88.4 cm³/mol. The van der Waals surface area contributed by atoms with Crippen molar-refractivity contribution < 1.29 is 9.90 Å². The third-order valence-corrected chi connectivity index (χ3v) is 4.28. The van der Waals surface area contributed by atoms with Crippen molar-refractivity contribution >= 4 is 5.91 Å². The highest BCUT2D eigenvalue weighted by molar-refractivity contribution is 5.79. The number of aliphatic hydroxyl groups is 1. The van der Waals surface area contributed by atoms with Gasteiger partial charge in [0.15, 0.2) is 0 Å². The van der Waals surface area contributed by atoms with Crippen LogP contribution in [0.3, 0.4) is 0 Å². The number of likely N-dealkylation sites (tertiary alicyclic amines) is 1. The van der Waals surface area contributed by atoms with Crippen molar-refractivity contribution in [3.05, 3.63) is 35.9 Å². The molecule has 0 aliphatic carbocycles. The number of amides is 1. The average Bonchev–Trinajstić information content (AvgIpc) is 2.92. The van der Waals surface area contributed by atoms with Gasteiger partial charge in [0.05, 0.1) is 6.54 Å². The van der Waals surface area contributed by atoms with Gasteiger partial charge in [-0.1, -0.05) is 30.3 Å². The summed E-state index contributed by atoms with van der Waals surface area (Å²) < 4.78 is 0. The Kier molecular flexibility index (Phi) is 5.59. The molecule has 2 rings (SSSR count). The van der Waals surface area contributed by atoms with Crippen molar-refractivity contribution in [2.24, 2.45) is 5.92 Å². The first kappa shape index (κ1) is 17.0. The maximum absolute atomic E-state index is 12.8. The number of nitrogens with zero attached hydrogens (tertiary/aromatic N) is 2. The molecule has 1 amide bonds. The lowest BCUT2D eigenvalue weighted by molar-refractivity contribution is -0.137. The third kappa shape index (κ3) is 4.55. The Bertz CT molecular complexity index is 482. The van der Waals surface area contributed by atoms with Crippen molar-refractivity contribution in [1.82, 2.24) is 9.80 Å². The molecule has 1 heterocycles. The SMILES string of the molecule is CC(C)(C)N(Cc1ccccc1)C(=O)CN1CCC(CO)C1. The van der Waals surface area contributed by atoms with Crippen molar-refractivity contribution in [3.63, 3.8) is 0 Å². The van der Waals surface area contributed by atoms with Gasteiger partial charge in [-0.15, -0.1) is 0 Å². The first-order valence-corrected chi connectivity index (χ1v) is 8.08. The van der Waals surface area contributed by atoms with Gasteiger partial charge in [0.2, 0.25) is 5.91 Å². The Hall–Kier alpha value is -1.39. The molecule has 0 radical (unpaired) electrons. The topological polar surface area (TPSA) is 43.8 Å². The zero-order chi connectivity index (χ0) is 16.2. The number of hydrogen-bond acceptors (Lipinski definition) is 3. The summed E-state index contributed by atoms with van der Waals surface area (Å²) in [5.41, 5.74) is 0.948. The first-order chi connectivity index (χ1) is 10.4.